The molecule has 0 aromatic heterocycles. The largest absolute Gasteiger partial charge is 0.326 e. The Morgan fingerprint density at radius 3 is 3.00 bits per heavy atom. The standard InChI is InChI=1S/C12H16FN2/c13-10-4-5-11(9(7-10)8-14)12-3-1-2-6-15-12/h1,4-5,7,12,15H,2-3,6,8,14H2. The van der Waals surface area contributed by atoms with Gasteiger partial charge in [0.25, 0.3) is 0 Å². The lowest BCUT2D eigenvalue weighted by atomic mass is 9.93. The van der Waals surface area contributed by atoms with Crippen molar-refractivity contribution in [3.05, 3.63) is 41.6 Å². The fourth-order valence-corrected chi connectivity index (χ4v) is 2.06. The van der Waals surface area contributed by atoms with Gasteiger partial charge >= 0.3 is 0 Å². The van der Waals surface area contributed by atoms with E-state index in [9.17, 15) is 4.39 Å². The molecule has 0 spiro atoms. The smallest absolute Gasteiger partial charge is 0.123 e. The molecule has 1 atom stereocenters. The van der Waals surface area contributed by atoms with E-state index in [1.165, 1.54) is 12.1 Å². The zero-order chi connectivity index (χ0) is 10.7. The topological polar surface area (TPSA) is 38.0 Å². The fourth-order valence-electron chi connectivity index (χ4n) is 2.06. The first kappa shape index (κ1) is 10.6. The highest BCUT2D eigenvalue weighted by Crippen LogP contribution is 2.25. The predicted octanol–water partition coefficient (Wildman–Crippen LogP) is 1.91. The van der Waals surface area contributed by atoms with Crippen molar-refractivity contribution in [1.82, 2.24) is 5.32 Å². The molecule has 15 heavy (non-hydrogen) atoms. The maximum absolute atomic E-state index is 13.0. The third-order valence-electron chi connectivity index (χ3n) is 2.84. The second-order valence-electron chi connectivity index (χ2n) is 3.87. The minimum atomic E-state index is -0.209. The number of piperidine rings is 1. The summed E-state index contributed by atoms with van der Waals surface area (Å²) in [5.74, 6) is -0.209. The van der Waals surface area contributed by atoms with Crippen LogP contribution in [0.4, 0.5) is 4.39 Å². The molecule has 1 fully saturated rings. The number of halogens is 1. The van der Waals surface area contributed by atoms with Crippen molar-refractivity contribution in [3.63, 3.8) is 0 Å². The van der Waals surface area contributed by atoms with Gasteiger partial charge in [-0.1, -0.05) is 6.07 Å². The maximum Gasteiger partial charge on any atom is 0.123 e. The van der Waals surface area contributed by atoms with Gasteiger partial charge in [-0.3, -0.25) is 0 Å². The third kappa shape index (κ3) is 2.36. The van der Waals surface area contributed by atoms with Crippen LogP contribution in [0, 0.1) is 12.2 Å². The molecule has 1 aromatic carbocycles. The Bertz CT molecular complexity index is 332. The predicted molar refractivity (Wildman–Crippen MR) is 58.6 cm³/mol. The van der Waals surface area contributed by atoms with Crippen molar-refractivity contribution in [2.24, 2.45) is 5.73 Å². The third-order valence-corrected chi connectivity index (χ3v) is 2.84. The minimum absolute atomic E-state index is 0.209. The summed E-state index contributed by atoms with van der Waals surface area (Å²) >= 11 is 0. The van der Waals surface area contributed by atoms with Crippen LogP contribution in [0.3, 0.4) is 0 Å². The number of rotatable bonds is 2. The van der Waals surface area contributed by atoms with Gasteiger partial charge < -0.3 is 11.1 Å². The number of nitrogens with two attached hydrogens (primary N) is 1. The van der Waals surface area contributed by atoms with Gasteiger partial charge in [-0.15, -0.1) is 0 Å². The van der Waals surface area contributed by atoms with Crippen LogP contribution in [0.1, 0.15) is 30.0 Å². The first-order chi connectivity index (χ1) is 7.31. The summed E-state index contributed by atoms with van der Waals surface area (Å²) in [6.45, 7) is 1.39. The molecule has 3 heteroatoms. The van der Waals surface area contributed by atoms with E-state index in [-0.39, 0.29) is 5.82 Å². The van der Waals surface area contributed by atoms with E-state index in [2.05, 4.69) is 11.7 Å². The van der Waals surface area contributed by atoms with Crippen molar-refractivity contribution in [2.75, 3.05) is 6.54 Å². The normalized spacial score (nSPS) is 21.6. The molecule has 1 unspecified atom stereocenters. The van der Waals surface area contributed by atoms with Crippen molar-refractivity contribution >= 4 is 0 Å². The molecule has 0 aliphatic carbocycles. The van der Waals surface area contributed by atoms with Crippen LogP contribution < -0.4 is 11.1 Å². The van der Waals surface area contributed by atoms with E-state index >= 15 is 0 Å². The molecule has 81 valence electrons. The zero-order valence-electron chi connectivity index (χ0n) is 8.67. The van der Waals surface area contributed by atoms with Crippen LogP contribution in [0.5, 0.6) is 0 Å². The van der Waals surface area contributed by atoms with Gasteiger partial charge in [0.1, 0.15) is 5.82 Å². The Morgan fingerprint density at radius 2 is 2.33 bits per heavy atom. The molecular weight excluding hydrogens is 191 g/mol. The average Bonchev–Trinajstić information content (AvgIpc) is 2.30. The maximum atomic E-state index is 13.0. The zero-order valence-corrected chi connectivity index (χ0v) is 8.67. The summed E-state index contributed by atoms with van der Waals surface area (Å²) in [4.78, 5) is 0. The highest BCUT2D eigenvalue weighted by molar-refractivity contribution is 5.31. The van der Waals surface area contributed by atoms with Crippen LogP contribution in [0.15, 0.2) is 18.2 Å². The van der Waals surface area contributed by atoms with Crippen molar-refractivity contribution < 1.29 is 4.39 Å². The summed E-state index contributed by atoms with van der Waals surface area (Å²) in [6, 6.07) is 5.18. The quantitative estimate of drug-likeness (QED) is 0.777. The molecule has 1 aromatic rings. The van der Waals surface area contributed by atoms with Gasteiger partial charge in [-0.05, 0) is 49.1 Å². The number of hydrogen-bond donors (Lipinski definition) is 2. The molecule has 0 bridgehead atoms. The Balaban J connectivity index is 2.25. The first-order valence-corrected chi connectivity index (χ1v) is 5.34. The summed E-state index contributed by atoms with van der Waals surface area (Å²) in [5, 5.41) is 3.42. The summed E-state index contributed by atoms with van der Waals surface area (Å²) in [6.07, 6.45) is 4.37. The molecule has 3 N–H and O–H groups in total. The highest BCUT2D eigenvalue weighted by atomic mass is 19.1. The molecule has 2 rings (SSSR count). The SMILES string of the molecule is NCc1cc(F)ccc1C1C[CH]CCN1. The Labute approximate surface area is 89.7 Å². The molecule has 1 aliphatic rings. The molecule has 0 saturated carbocycles. The van der Waals surface area contributed by atoms with Crippen molar-refractivity contribution in [2.45, 2.75) is 25.4 Å². The summed E-state index contributed by atoms with van der Waals surface area (Å²) in [5.41, 5.74) is 7.66. The van der Waals surface area contributed by atoms with Gasteiger partial charge in [-0.2, -0.15) is 0 Å². The molecule has 1 radical (unpaired) electrons. The molecule has 2 nitrogen and oxygen atoms in total. The second-order valence-corrected chi connectivity index (χ2v) is 3.87. The van der Waals surface area contributed by atoms with Gasteiger partial charge in [0.15, 0.2) is 0 Å². The number of benzene rings is 1. The average molecular weight is 207 g/mol. The van der Waals surface area contributed by atoms with E-state index in [0.717, 1.165) is 30.5 Å². The Hall–Kier alpha value is -0.930. The van der Waals surface area contributed by atoms with Crippen LogP contribution in [0.25, 0.3) is 0 Å². The van der Waals surface area contributed by atoms with Gasteiger partial charge in [-0.25, -0.2) is 4.39 Å². The molecule has 1 aliphatic heterocycles. The molecular formula is C12H16FN2. The van der Waals surface area contributed by atoms with Crippen LogP contribution in [-0.4, -0.2) is 6.54 Å². The second kappa shape index (κ2) is 4.73. The lowest BCUT2D eigenvalue weighted by Gasteiger charge is -2.25. The van der Waals surface area contributed by atoms with Crippen molar-refractivity contribution in [1.29, 1.82) is 0 Å². The Morgan fingerprint density at radius 1 is 1.47 bits per heavy atom. The van der Waals surface area contributed by atoms with Crippen LogP contribution >= 0.6 is 0 Å². The monoisotopic (exact) mass is 207 g/mol. The van der Waals surface area contributed by atoms with Crippen LogP contribution in [-0.2, 0) is 6.54 Å². The van der Waals surface area contributed by atoms with Crippen LogP contribution in [0.2, 0.25) is 0 Å². The lowest BCUT2D eigenvalue weighted by Crippen LogP contribution is -2.28. The van der Waals surface area contributed by atoms with E-state index < -0.39 is 0 Å². The fraction of sp³-hybridized carbons (Fsp3) is 0.417. The van der Waals surface area contributed by atoms with E-state index in [1.54, 1.807) is 0 Å². The molecule has 0 amide bonds. The van der Waals surface area contributed by atoms with Gasteiger partial charge in [0.2, 0.25) is 0 Å². The summed E-state index contributed by atoms with van der Waals surface area (Å²) in [7, 11) is 0. The van der Waals surface area contributed by atoms with Gasteiger partial charge in [0.05, 0.1) is 0 Å². The lowest BCUT2D eigenvalue weighted by molar-refractivity contribution is 0.471. The van der Waals surface area contributed by atoms with Crippen molar-refractivity contribution in [3.8, 4) is 0 Å². The Kier molecular flexibility index (Phi) is 3.34. The first-order valence-electron chi connectivity index (χ1n) is 5.34. The number of hydrogen-bond acceptors (Lipinski definition) is 2. The highest BCUT2D eigenvalue weighted by Gasteiger charge is 2.17. The minimum Gasteiger partial charge on any atom is -0.326 e. The molecule has 1 heterocycles. The van der Waals surface area contributed by atoms with E-state index in [0.29, 0.717) is 12.6 Å². The van der Waals surface area contributed by atoms with E-state index in [4.69, 9.17) is 5.73 Å². The molecule has 1 saturated heterocycles. The van der Waals surface area contributed by atoms with Gasteiger partial charge in [0, 0.05) is 12.6 Å². The van der Waals surface area contributed by atoms with E-state index in [1.807, 2.05) is 6.07 Å². The summed E-state index contributed by atoms with van der Waals surface area (Å²) < 4.78 is 13.0. The number of nitrogens with one attached hydrogen (secondary N) is 1.